The molecule has 21 heavy (non-hydrogen) atoms. The maximum atomic E-state index is 12.2. The van der Waals surface area contributed by atoms with E-state index in [9.17, 15) is 9.59 Å². The molecule has 7 heteroatoms. The molecule has 2 aromatic rings. The molecule has 1 aliphatic rings. The van der Waals surface area contributed by atoms with E-state index in [0.29, 0.717) is 23.4 Å². The van der Waals surface area contributed by atoms with Crippen LogP contribution in [0.15, 0.2) is 18.2 Å². The van der Waals surface area contributed by atoms with Gasteiger partial charge < -0.3 is 10.1 Å². The van der Waals surface area contributed by atoms with Gasteiger partial charge in [0.1, 0.15) is 0 Å². The molecule has 2 heterocycles. The van der Waals surface area contributed by atoms with Gasteiger partial charge in [0, 0.05) is 18.4 Å². The van der Waals surface area contributed by atoms with Crippen molar-refractivity contribution in [2.75, 3.05) is 12.9 Å². The second kappa shape index (κ2) is 5.40. The molecular formula is C14H15N3O3S. The van der Waals surface area contributed by atoms with Crippen molar-refractivity contribution < 1.29 is 14.3 Å². The van der Waals surface area contributed by atoms with Gasteiger partial charge in [0.25, 0.3) is 5.91 Å². The fourth-order valence-electron chi connectivity index (χ4n) is 2.43. The number of amides is 1. The number of rotatable bonds is 3. The number of methoxy groups -OCH3 is 1. The van der Waals surface area contributed by atoms with Gasteiger partial charge in [-0.2, -0.15) is 5.10 Å². The van der Waals surface area contributed by atoms with E-state index in [1.165, 1.54) is 11.8 Å². The van der Waals surface area contributed by atoms with E-state index in [2.05, 4.69) is 10.4 Å². The first kappa shape index (κ1) is 13.9. The van der Waals surface area contributed by atoms with Crippen LogP contribution in [0.3, 0.4) is 0 Å². The lowest BCUT2D eigenvalue weighted by Gasteiger charge is -2.09. The number of nitrogens with zero attached hydrogens (tertiary/aromatic N) is 2. The number of aromatic nitrogens is 2. The molecule has 0 aliphatic carbocycles. The smallest absolute Gasteiger partial charge is 0.251 e. The second-order valence-corrected chi connectivity index (χ2v) is 5.95. The van der Waals surface area contributed by atoms with Gasteiger partial charge in [0.15, 0.2) is 0 Å². The number of hydrogen-bond acceptors (Lipinski definition) is 5. The van der Waals surface area contributed by atoms with Crippen LogP contribution in [0.1, 0.15) is 16.8 Å². The molecule has 110 valence electrons. The maximum Gasteiger partial charge on any atom is 0.251 e. The summed E-state index contributed by atoms with van der Waals surface area (Å²) in [6, 6.07) is 4.85. The molecule has 1 saturated heterocycles. The third-order valence-corrected chi connectivity index (χ3v) is 4.48. The zero-order chi connectivity index (χ0) is 15.0. The van der Waals surface area contributed by atoms with Gasteiger partial charge in [-0.1, -0.05) is 11.8 Å². The van der Waals surface area contributed by atoms with Crippen molar-refractivity contribution in [1.82, 2.24) is 15.1 Å². The highest BCUT2D eigenvalue weighted by molar-refractivity contribution is 8.14. The molecule has 1 aromatic heterocycles. The standard InChI is InChI=1S/C14H15N3O3S/c1-17-13(20-2)9-4-3-8(7-11(9)16-17)12(18)15-10-5-6-21-14(10)19/h3-4,7,10H,5-6H2,1-2H3,(H,15,18). The van der Waals surface area contributed by atoms with E-state index < -0.39 is 0 Å². The van der Waals surface area contributed by atoms with Crippen LogP contribution in [0.25, 0.3) is 10.9 Å². The molecule has 1 amide bonds. The fraction of sp³-hybridized carbons (Fsp3) is 0.357. The van der Waals surface area contributed by atoms with Crippen molar-refractivity contribution in [3.05, 3.63) is 23.8 Å². The molecule has 6 nitrogen and oxygen atoms in total. The minimum atomic E-state index is -0.378. The summed E-state index contributed by atoms with van der Waals surface area (Å²) in [7, 11) is 3.37. The van der Waals surface area contributed by atoms with Crippen LogP contribution < -0.4 is 10.1 Å². The number of benzene rings is 1. The highest BCUT2D eigenvalue weighted by Crippen LogP contribution is 2.25. The largest absolute Gasteiger partial charge is 0.481 e. The average Bonchev–Trinajstić information content (AvgIpc) is 3.00. The first-order valence-corrected chi connectivity index (χ1v) is 7.57. The summed E-state index contributed by atoms with van der Waals surface area (Å²) in [5, 5.41) is 7.97. The second-order valence-electron chi connectivity index (χ2n) is 4.85. The zero-order valence-corrected chi connectivity index (χ0v) is 12.6. The van der Waals surface area contributed by atoms with E-state index in [4.69, 9.17) is 4.74 Å². The van der Waals surface area contributed by atoms with Gasteiger partial charge in [-0.3, -0.25) is 9.59 Å². The Morgan fingerprint density at radius 2 is 2.33 bits per heavy atom. The van der Waals surface area contributed by atoms with Gasteiger partial charge in [0.05, 0.1) is 24.1 Å². The van der Waals surface area contributed by atoms with E-state index in [0.717, 1.165) is 11.1 Å². The summed E-state index contributed by atoms with van der Waals surface area (Å²) in [6.45, 7) is 0. The topological polar surface area (TPSA) is 73.2 Å². The molecule has 3 rings (SSSR count). The Kier molecular flexibility index (Phi) is 3.59. The van der Waals surface area contributed by atoms with Crippen molar-refractivity contribution in [2.45, 2.75) is 12.5 Å². The molecule has 0 bridgehead atoms. The van der Waals surface area contributed by atoms with Crippen molar-refractivity contribution in [1.29, 1.82) is 0 Å². The number of thioether (sulfide) groups is 1. The van der Waals surface area contributed by atoms with Crippen molar-refractivity contribution in [3.8, 4) is 5.88 Å². The quantitative estimate of drug-likeness (QED) is 0.926. The van der Waals surface area contributed by atoms with Crippen LogP contribution in [0.4, 0.5) is 0 Å². The van der Waals surface area contributed by atoms with Crippen LogP contribution in [0, 0.1) is 0 Å². The van der Waals surface area contributed by atoms with Gasteiger partial charge in [-0.25, -0.2) is 4.68 Å². The van der Waals surface area contributed by atoms with E-state index in [-0.39, 0.29) is 17.1 Å². The number of carbonyl (C=O) groups excluding carboxylic acids is 2. The zero-order valence-electron chi connectivity index (χ0n) is 11.8. The normalized spacial score (nSPS) is 18.2. The maximum absolute atomic E-state index is 12.2. The molecule has 1 aliphatic heterocycles. The highest BCUT2D eigenvalue weighted by Gasteiger charge is 2.27. The van der Waals surface area contributed by atoms with Gasteiger partial charge >= 0.3 is 0 Å². The van der Waals surface area contributed by atoms with E-state index >= 15 is 0 Å². The first-order chi connectivity index (χ1) is 10.1. The van der Waals surface area contributed by atoms with Crippen LogP contribution in [-0.4, -0.2) is 39.7 Å². The summed E-state index contributed by atoms with van der Waals surface area (Å²) in [5.74, 6) is 1.17. The Labute approximate surface area is 125 Å². The summed E-state index contributed by atoms with van der Waals surface area (Å²) in [6.07, 6.45) is 0.689. The lowest BCUT2D eigenvalue weighted by Crippen LogP contribution is -2.37. The van der Waals surface area contributed by atoms with Gasteiger partial charge in [-0.15, -0.1) is 0 Å². The molecular weight excluding hydrogens is 290 g/mol. The van der Waals surface area contributed by atoms with Crippen molar-refractivity contribution in [2.24, 2.45) is 7.05 Å². The molecule has 1 aromatic carbocycles. The third-order valence-electron chi connectivity index (χ3n) is 3.48. The van der Waals surface area contributed by atoms with Crippen molar-refractivity contribution in [3.63, 3.8) is 0 Å². The van der Waals surface area contributed by atoms with Gasteiger partial charge in [0.2, 0.25) is 11.0 Å². The van der Waals surface area contributed by atoms with Crippen molar-refractivity contribution >= 4 is 33.7 Å². The lowest BCUT2D eigenvalue weighted by atomic mass is 10.1. The first-order valence-electron chi connectivity index (χ1n) is 6.58. The van der Waals surface area contributed by atoms with Crippen LogP contribution in [0.2, 0.25) is 0 Å². The minimum Gasteiger partial charge on any atom is -0.481 e. The fourth-order valence-corrected chi connectivity index (χ4v) is 3.36. The Hall–Kier alpha value is -2.02. The van der Waals surface area contributed by atoms with Crippen LogP contribution >= 0.6 is 11.8 Å². The molecule has 0 radical (unpaired) electrons. The molecule has 0 spiro atoms. The number of ether oxygens (including phenoxy) is 1. The highest BCUT2D eigenvalue weighted by atomic mass is 32.2. The Balaban J connectivity index is 1.87. The summed E-state index contributed by atoms with van der Waals surface area (Å²) in [5.41, 5.74) is 1.18. The van der Waals surface area contributed by atoms with E-state index in [1.807, 2.05) is 0 Å². The summed E-state index contributed by atoms with van der Waals surface area (Å²) >= 11 is 1.27. The predicted molar refractivity (Wildman–Crippen MR) is 80.6 cm³/mol. The lowest BCUT2D eigenvalue weighted by molar-refractivity contribution is -0.112. The van der Waals surface area contributed by atoms with E-state index in [1.54, 1.807) is 37.0 Å². The Morgan fingerprint density at radius 3 is 3.00 bits per heavy atom. The molecule has 1 unspecified atom stereocenters. The molecule has 1 atom stereocenters. The molecule has 1 N–H and O–H groups in total. The number of carbonyl (C=O) groups is 2. The van der Waals surface area contributed by atoms with Crippen LogP contribution in [-0.2, 0) is 11.8 Å². The third kappa shape index (κ3) is 2.49. The Morgan fingerprint density at radius 1 is 1.52 bits per heavy atom. The number of aryl methyl sites for hydroxylation is 1. The SMILES string of the molecule is COc1c2ccc(C(=O)NC3CCSC3=O)cc2nn1C. The Bertz CT molecular complexity index is 726. The number of hydrogen-bond donors (Lipinski definition) is 1. The number of fused-ring (bicyclic) bond motifs is 1. The minimum absolute atomic E-state index is 0.0314. The molecule has 0 saturated carbocycles. The summed E-state index contributed by atoms with van der Waals surface area (Å²) < 4.78 is 6.90. The molecule has 1 fully saturated rings. The average molecular weight is 305 g/mol. The monoisotopic (exact) mass is 305 g/mol. The van der Waals surface area contributed by atoms with Crippen LogP contribution in [0.5, 0.6) is 5.88 Å². The summed E-state index contributed by atoms with van der Waals surface area (Å²) in [4.78, 5) is 23.8. The predicted octanol–water partition coefficient (Wildman–Crippen LogP) is 1.34. The van der Waals surface area contributed by atoms with Gasteiger partial charge in [-0.05, 0) is 24.6 Å². The number of nitrogens with one attached hydrogen (secondary N) is 1.